The Balaban J connectivity index is 1.63. The van der Waals surface area contributed by atoms with E-state index in [1.807, 2.05) is 67.6 Å². The Bertz CT molecular complexity index is 815. The van der Waals surface area contributed by atoms with Crippen molar-refractivity contribution in [3.8, 4) is 0 Å². The van der Waals surface area contributed by atoms with Gasteiger partial charge in [-0.2, -0.15) is 0 Å². The minimum Gasteiger partial charge on any atom is -0.298 e. The summed E-state index contributed by atoms with van der Waals surface area (Å²) < 4.78 is 0. The van der Waals surface area contributed by atoms with Crippen molar-refractivity contribution in [2.45, 2.75) is 19.8 Å². The monoisotopic (exact) mass is 305 g/mol. The van der Waals surface area contributed by atoms with Crippen LogP contribution < -0.4 is 10.9 Å². The third-order valence-corrected chi connectivity index (χ3v) is 3.66. The predicted octanol–water partition coefficient (Wildman–Crippen LogP) is 3.62. The normalized spacial score (nSPS) is 10.5. The molecule has 1 amide bonds. The highest BCUT2D eigenvalue weighted by atomic mass is 16.2. The topological polar surface area (TPSA) is 54.0 Å². The van der Waals surface area contributed by atoms with Crippen molar-refractivity contribution in [3.05, 3.63) is 71.9 Å². The number of hydrogen-bond acceptors (Lipinski definition) is 3. The number of hydrogen-bond donors (Lipinski definition) is 2. The third kappa shape index (κ3) is 3.86. The van der Waals surface area contributed by atoms with Crippen molar-refractivity contribution >= 4 is 22.5 Å². The van der Waals surface area contributed by atoms with Gasteiger partial charge < -0.3 is 0 Å². The molecular weight excluding hydrogens is 286 g/mol. The lowest BCUT2D eigenvalue weighted by atomic mass is 10.1. The molecule has 0 spiro atoms. The van der Waals surface area contributed by atoms with E-state index in [2.05, 4.69) is 15.8 Å². The van der Waals surface area contributed by atoms with Crippen LogP contribution in [0.2, 0.25) is 0 Å². The van der Waals surface area contributed by atoms with Gasteiger partial charge >= 0.3 is 0 Å². The predicted molar refractivity (Wildman–Crippen MR) is 93.0 cm³/mol. The first-order chi connectivity index (χ1) is 11.2. The molecule has 3 aromatic rings. The summed E-state index contributed by atoms with van der Waals surface area (Å²) in [6.45, 7) is 1.94. The molecule has 2 aromatic carbocycles. The number of aromatic nitrogens is 1. The Labute approximate surface area is 135 Å². The minimum atomic E-state index is -0.0348. The minimum absolute atomic E-state index is 0.0348. The highest BCUT2D eigenvalue weighted by Gasteiger charge is 2.05. The molecular formula is C19H19N3O. The number of rotatable bonds is 5. The zero-order chi connectivity index (χ0) is 16.1. The lowest BCUT2D eigenvalue weighted by molar-refractivity contribution is -0.120. The van der Waals surface area contributed by atoms with E-state index in [0.717, 1.165) is 34.3 Å². The number of pyridine rings is 1. The van der Waals surface area contributed by atoms with Gasteiger partial charge in [0.05, 0.1) is 11.2 Å². The SMILES string of the molecule is Cc1cc(NNC(=O)CCc2ccccc2)c2ccccc2n1. The number of nitrogens with zero attached hydrogens (tertiary/aromatic N) is 1. The van der Waals surface area contributed by atoms with Crippen LogP contribution in [0.15, 0.2) is 60.7 Å². The van der Waals surface area contributed by atoms with Crippen molar-refractivity contribution < 1.29 is 4.79 Å². The van der Waals surface area contributed by atoms with Gasteiger partial charge in [-0.15, -0.1) is 0 Å². The highest BCUT2D eigenvalue weighted by Crippen LogP contribution is 2.22. The Kier molecular flexibility index (Phi) is 4.52. The van der Waals surface area contributed by atoms with Crippen LogP contribution in [0.25, 0.3) is 10.9 Å². The van der Waals surface area contributed by atoms with Gasteiger partial charge in [0.25, 0.3) is 0 Å². The summed E-state index contributed by atoms with van der Waals surface area (Å²) in [6, 6.07) is 19.8. The highest BCUT2D eigenvalue weighted by molar-refractivity contribution is 5.92. The van der Waals surface area contributed by atoms with Crippen LogP contribution in [0.1, 0.15) is 17.7 Å². The summed E-state index contributed by atoms with van der Waals surface area (Å²) in [7, 11) is 0. The van der Waals surface area contributed by atoms with Gasteiger partial charge in [-0.05, 0) is 31.0 Å². The Morgan fingerprint density at radius 1 is 1.04 bits per heavy atom. The summed E-state index contributed by atoms with van der Waals surface area (Å²) in [5, 5.41) is 0.987. The number of anilines is 1. The summed E-state index contributed by atoms with van der Waals surface area (Å²) in [6.07, 6.45) is 1.17. The maximum Gasteiger partial charge on any atom is 0.238 e. The summed E-state index contributed by atoms with van der Waals surface area (Å²) in [4.78, 5) is 16.5. The number of amides is 1. The number of aryl methyl sites for hydroxylation is 2. The van der Waals surface area contributed by atoms with Crippen LogP contribution in [0.5, 0.6) is 0 Å². The van der Waals surface area contributed by atoms with E-state index in [-0.39, 0.29) is 5.91 Å². The van der Waals surface area contributed by atoms with Crippen LogP contribution >= 0.6 is 0 Å². The molecule has 23 heavy (non-hydrogen) atoms. The second-order valence-electron chi connectivity index (χ2n) is 5.49. The Morgan fingerprint density at radius 2 is 1.78 bits per heavy atom. The van der Waals surface area contributed by atoms with Crippen LogP contribution in [0.3, 0.4) is 0 Å². The molecule has 0 bridgehead atoms. The smallest absolute Gasteiger partial charge is 0.238 e. The average Bonchev–Trinajstić information content (AvgIpc) is 2.58. The van der Waals surface area contributed by atoms with Gasteiger partial charge in [0.2, 0.25) is 5.91 Å². The molecule has 4 nitrogen and oxygen atoms in total. The molecule has 0 atom stereocenters. The molecule has 1 heterocycles. The van der Waals surface area contributed by atoms with Crippen LogP contribution in [-0.2, 0) is 11.2 Å². The van der Waals surface area contributed by atoms with Gasteiger partial charge in [0.1, 0.15) is 0 Å². The van der Waals surface area contributed by atoms with E-state index in [0.29, 0.717) is 6.42 Å². The molecule has 0 aliphatic carbocycles. The molecule has 2 N–H and O–H groups in total. The number of benzene rings is 2. The molecule has 0 unspecified atom stereocenters. The number of carbonyl (C=O) groups is 1. The molecule has 0 aliphatic rings. The number of nitrogens with one attached hydrogen (secondary N) is 2. The molecule has 4 heteroatoms. The van der Waals surface area contributed by atoms with Gasteiger partial charge in [0.15, 0.2) is 0 Å². The lowest BCUT2D eigenvalue weighted by Crippen LogP contribution is -2.29. The summed E-state index contributed by atoms with van der Waals surface area (Å²) in [5.74, 6) is -0.0348. The van der Waals surface area contributed by atoms with Gasteiger partial charge in [-0.1, -0.05) is 48.5 Å². The van der Waals surface area contributed by atoms with Crippen molar-refractivity contribution in [2.24, 2.45) is 0 Å². The third-order valence-electron chi connectivity index (χ3n) is 3.66. The summed E-state index contributed by atoms with van der Waals surface area (Å²) in [5.41, 5.74) is 9.64. The fraction of sp³-hybridized carbons (Fsp3) is 0.158. The largest absolute Gasteiger partial charge is 0.298 e. The first-order valence-corrected chi connectivity index (χ1v) is 7.67. The van der Waals surface area contributed by atoms with Crippen LogP contribution in [-0.4, -0.2) is 10.9 Å². The zero-order valence-corrected chi connectivity index (χ0v) is 13.0. The molecule has 1 aromatic heterocycles. The van der Waals surface area contributed by atoms with Crippen molar-refractivity contribution in [3.63, 3.8) is 0 Å². The quantitative estimate of drug-likeness (QED) is 0.708. The zero-order valence-electron chi connectivity index (χ0n) is 13.0. The van der Waals surface area contributed by atoms with Crippen molar-refractivity contribution in [2.75, 3.05) is 5.43 Å². The van der Waals surface area contributed by atoms with E-state index in [1.54, 1.807) is 0 Å². The lowest BCUT2D eigenvalue weighted by Gasteiger charge is -2.12. The maximum absolute atomic E-state index is 12.0. The Hall–Kier alpha value is -2.88. The molecule has 0 saturated carbocycles. The average molecular weight is 305 g/mol. The maximum atomic E-state index is 12.0. The molecule has 0 fully saturated rings. The number of fused-ring (bicyclic) bond motifs is 1. The Morgan fingerprint density at radius 3 is 2.61 bits per heavy atom. The number of hydrazine groups is 1. The van der Waals surface area contributed by atoms with E-state index >= 15 is 0 Å². The molecule has 116 valence electrons. The van der Waals surface area contributed by atoms with Crippen molar-refractivity contribution in [1.82, 2.24) is 10.4 Å². The van der Waals surface area contributed by atoms with Crippen LogP contribution in [0, 0.1) is 6.92 Å². The van der Waals surface area contributed by atoms with E-state index in [9.17, 15) is 4.79 Å². The van der Waals surface area contributed by atoms with Gasteiger partial charge in [0, 0.05) is 17.5 Å². The summed E-state index contributed by atoms with van der Waals surface area (Å²) >= 11 is 0. The van der Waals surface area contributed by atoms with E-state index < -0.39 is 0 Å². The standard InChI is InChI=1S/C19H19N3O/c1-14-13-18(16-9-5-6-10-17(16)20-14)21-22-19(23)12-11-15-7-3-2-4-8-15/h2-10,13H,11-12H2,1H3,(H,20,21)(H,22,23). The fourth-order valence-electron chi connectivity index (χ4n) is 2.51. The van der Waals surface area contributed by atoms with E-state index in [1.165, 1.54) is 0 Å². The number of para-hydroxylation sites is 1. The second kappa shape index (κ2) is 6.92. The van der Waals surface area contributed by atoms with E-state index in [4.69, 9.17) is 0 Å². The molecule has 0 aliphatic heterocycles. The first-order valence-electron chi connectivity index (χ1n) is 7.67. The van der Waals surface area contributed by atoms with Gasteiger partial charge in [-0.3, -0.25) is 20.6 Å². The van der Waals surface area contributed by atoms with Gasteiger partial charge in [-0.25, -0.2) is 0 Å². The number of carbonyl (C=O) groups excluding carboxylic acids is 1. The molecule has 0 saturated heterocycles. The molecule has 3 rings (SSSR count). The first kappa shape index (κ1) is 15.0. The second-order valence-corrected chi connectivity index (χ2v) is 5.49. The fourth-order valence-corrected chi connectivity index (χ4v) is 2.51. The van der Waals surface area contributed by atoms with Crippen molar-refractivity contribution in [1.29, 1.82) is 0 Å². The molecule has 0 radical (unpaired) electrons. The van der Waals surface area contributed by atoms with Crippen LogP contribution in [0.4, 0.5) is 5.69 Å².